The summed E-state index contributed by atoms with van der Waals surface area (Å²) in [7, 11) is 0. The van der Waals surface area contributed by atoms with Crippen molar-refractivity contribution in [3.05, 3.63) is 51.5 Å². The van der Waals surface area contributed by atoms with E-state index in [1.807, 2.05) is 6.07 Å². The van der Waals surface area contributed by atoms with E-state index in [1.54, 1.807) is 29.5 Å². The number of thiophene rings is 1. The minimum atomic E-state index is -0.122. The molecule has 3 nitrogen and oxygen atoms in total. The van der Waals surface area contributed by atoms with Gasteiger partial charge in [-0.1, -0.05) is 36.0 Å². The highest BCUT2D eigenvalue weighted by atomic mass is 35.5. The first-order valence-corrected chi connectivity index (χ1v) is 9.61. The first-order chi connectivity index (χ1) is 11.6. The number of benzene rings is 1. The zero-order valence-electron chi connectivity index (χ0n) is 12.9. The molecule has 0 unspecified atom stereocenters. The Morgan fingerprint density at radius 1 is 1.12 bits per heavy atom. The van der Waals surface area contributed by atoms with Crippen LogP contribution in [0.15, 0.2) is 35.7 Å². The lowest BCUT2D eigenvalue weighted by molar-refractivity contribution is 0.101. The second-order valence-electron chi connectivity index (χ2n) is 6.12. The van der Waals surface area contributed by atoms with Gasteiger partial charge in [0.05, 0.1) is 10.2 Å². The van der Waals surface area contributed by atoms with Crippen LogP contribution in [-0.4, -0.2) is 10.5 Å². The van der Waals surface area contributed by atoms with Gasteiger partial charge in [-0.15, -0.1) is 11.3 Å². The summed E-state index contributed by atoms with van der Waals surface area (Å²) in [6, 6.07) is 9.55. The highest BCUT2D eigenvalue weighted by molar-refractivity contribution is 7.17. The summed E-state index contributed by atoms with van der Waals surface area (Å²) in [5, 5.41) is 6.02. The van der Waals surface area contributed by atoms with Crippen LogP contribution in [0.2, 0.25) is 10.0 Å². The molecule has 0 saturated heterocycles. The molecule has 1 fully saturated rings. The highest BCUT2D eigenvalue weighted by Gasteiger charge is 2.25. The van der Waals surface area contributed by atoms with Gasteiger partial charge in [0, 0.05) is 21.8 Å². The Kier molecular flexibility index (Phi) is 4.29. The molecule has 2 heterocycles. The Morgan fingerprint density at radius 2 is 1.83 bits per heavy atom. The fraction of sp³-hybridized carbons (Fsp3) is 0.278. The molecule has 1 N–H and O–H groups in total. The van der Waals surface area contributed by atoms with Crippen LogP contribution in [0, 0.1) is 0 Å². The summed E-state index contributed by atoms with van der Waals surface area (Å²) in [5.74, 6) is -0.122. The third-order valence-electron chi connectivity index (χ3n) is 4.50. The molecule has 24 heavy (non-hydrogen) atoms. The Hall–Kier alpha value is -1.49. The van der Waals surface area contributed by atoms with Crippen LogP contribution in [0.25, 0.3) is 10.2 Å². The largest absolute Gasteiger partial charge is 0.333 e. The quantitative estimate of drug-likeness (QED) is 0.563. The average molecular weight is 379 g/mol. The molecule has 4 rings (SSSR count). The second kappa shape index (κ2) is 6.43. The molecule has 124 valence electrons. The number of carbonyl (C=O) groups excluding carboxylic acids is 1. The highest BCUT2D eigenvalue weighted by Crippen LogP contribution is 2.36. The molecule has 1 aliphatic rings. The minimum Gasteiger partial charge on any atom is -0.333 e. The summed E-state index contributed by atoms with van der Waals surface area (Å²) >= 11 is 13.7. The maximum absolute atomic E-state index is 12.9. The smallest absolute Gasteiger partial charge is 0.272 e. The molecule has 0 aliphatic heterocycles. The second-order valence-corrected chi connectivity index (χ2v) is 7.94. The van der Waals surface area contributed by atoms with E-state index in [4.69, 9.17) is 23.2 Å². The monoisotopic (exact) mass is 378 g/mol. The van der Waals surface area contributed by atoms with Crippen LogP contribution in [0.5, 0.6) is 0 Å². The third kappa shape index (κ3) is 2.94. The first kappa shape index (κ1) is 16.0. The summed E-state index contributed by atoms with van der Waals surface area (Å²) in [6.45, 7) is 0. The predicted molar refractivity (Wildman–Crippen MR) is 102 cm³/mol. The van der Waals surface area contributed by atoms with Crippen molar-refractivity contribution in [3.8, 4) is 0 Å². The maximum atomic E-state index is 12.9. The number of rotatable bonds is 3. The molecule has 2 aromatic heterocycles. The van der Waals surface area contributed by atoms with Crippen LogP contribution in [0.4, 0.5) is 5.69 Å². The van der Waals surface area contributed by atoms with E-state index in [-0.39, 0.29) is 5.91 Å². The van der Waals surface area contributed by atoms with Crippen molar-refractivity contribution in [1.29, 1.82) is 0 Å². The van der Waals surface area contributed by atoms with Crippen LogP contribution in [0.1, 0.15) is 42.2 Å². The van der Waals surface area contributed by atoms with Crippen molar-refractivity contribution in [3.63, 3.8) is 0 Å². The fourth-order valence-electron chi connectivity index (χ4n) is 3.50. The molecule has 6 heteroatoms. The lowest BCUT2D eigenvalue weighted by atomic mass is 10.2. The number of hydrogen-bond donors (Lipinski definition) is 1. The minimum absolute atomic E-state index is 0.122. The molecule has 0 radical (unpaired) electrons. The van der Waals surface area contributed by atoms with Crippen molar-refractivity contribution in [2.45, 2.75) is 31.7 Å². The van der Waals surface area contributed by atoms with Gasteiger partial charge in [0.2, 0.25) is 0 Å². The van der Waals surface area contributed by atoms with E-state index >= 15 is 0 Å². The summed E-state index contributed by atoms with van der Waals surface area (Å²) < 4.78 is 3.36. The molecule has 0 spiro atoms. The van der Waals surface area contributed by atoms with Crippen molar-refractivity contribution in [2.24, 2.45) is 0 Å². The fourth-order valence-corrected chi connectivity index (χ4v) is 4.83. The Bertz CT molecular complexity index is 889. The van der Waals surface area contributed by atoms with Gasteiger partial charge in [0.15, 0.2) is 0 Å². The summed E-state index contributed by atoms with van der Waals surface area (Å²) in [4.78, 5) is 12.9. The van der Waals surface area contributed by atoms with E-state index in [1.165, 1.54) is 12.8 Å². The number of halogens is 2. The van der Waals surface area contributed by atoms with Crippen molar-refractivity contribution in [1.82, 2.24) is 4.57 Å². The Balaban J connectivity index is 1.71. The zero-order valence-corrected chi connectivity index (χ0v) is 15.2. The van der Waals surface area contributed by atoms with Gasteiger partial charge in [-0.2, -0.15) is 0 Å². The standard InChI is InChI=1S/C18H16Cl2N2OS/c19-11-7-12(20)9-13(8-11)21-18(23)16-10-17-15(5-6-24-17)22(16)14-3-1-2-4-14/h5-10,14H,1-4H2,(H,21,23). The van der Waals surface area contributed by atoms with E-state index in [0.717, 1.165) is 23.1 Å². The number of nitrogens with one attached hydrogen (secondary N) is 1. The van der Waals surface area contributed by atoms with Gasteiger partial charge in [-0.3, -0.25) is 4.79 Å². The van der Waals surface area contributed by atoms with E-state index < -0.39 is 0 Å². The molecule has 1 aliphatic carbocycles. The number of carbonyl (C=O) groups is 1. The predicted octanol–water partition coefficient (Wildman–Crippen LogP) is 6.38. The molecule has 1 saturated carbocycles. The number of fused-ring (bicyclic) bond motifs is 1. The normalized spacial score (nSPS) is 15.2. The SMILES string of the molecule is O=C(Nc1cc(Cl)cc(Cl)c1)c1cc2sccc2n1C1CCCC1. The summed E-state index contributed by atoms with van der Waals surface area (Å²) in [5.41, 5.74) is 2.47. The molecular weight excluding hydrogens is 363 g/mol. The Labute approximate surface area is 154 Å². The molecular formula is C18H16Cl2N2OS. The molecule has 1 aromatic carbocycles. The van der Waals surface area contributed by atoms with E-state index in [9.17, 15) is 4.79 Å². The van der Waals surface area contributed by atoms with Gasteiger partial charge in [0.1, 0.15) is 5.69 Å². The van der Waals surface area contributed by atoms with E-state index in [0.29, 0.717) is 27.5 Å². The van der Waals surface area contributed by atoms with Gasteiger partial charge in [-0.25, -0.2) is 0 Å². The van der Waals surface area contributed by atoms with Crippen LogP contribution < -0.4 is 5.32 Å². The van der Waals surface area contributed by atoms with Crippen LogP contribution >= 0.6 is 34.5 Å². The molecule has 0 atom stereocenters. The van der Waals surface area contributed by atoms with Crippen molar-refractivity contribution >= 4 is 56.3 Å². The number of amides is 1. The topological polar surface area (TPSA) is 34.0 Å². The van der Waals surface area contributed by atoms with Crippen molar-refractivity contribution < 1.29 is 4.79 Å². The van der Waals surface area contributed by atoms with Crippen molar-refractivity contribution in [2.75, 3.05) is 5.32 Å². The number of nitrogens with zero attached hydrogens (tertiary/aromatic N) is 1. The molecule has 3 aromatic rings. The average Bonchev–Trinajstić information content (AvgIpc) is 3.22. The maximum Gasteiger partial charge on any atom is 0.272 e. The van der Waals surface area contributed by atoms with Crippen LogP contribution in [0.3, 0.4) is 0 Å². The third-order valence-corrected chi connectivity index (χ3v) is 5.79. The Morgan fingerprint density at radius 3 is 2.54 bits per heavy atom. The zero-order chi connectivity index (χ0) is 16.7. The lowest BCUT2D eigenvalue weighted by Crippen LogP contribution is -2.19. The molecule has 1 amide bonds. The number of hydrogen-bond acceptors (Lipinski definition) is 2. The van der Waals surface area contributed by atoms with Gasteiger partial charge in [0.25, 0.3) is 5.91 Å². The number of anilines is 1. The van der Waals surface area contributed by atoms with Gasteiger partial charge >= 0.3 is 0 Å². The van der Waals surface area contributed by atoms with Gasteiger partial charge < -0.3 is 9.88 Å². The molecule has 0 bridgehead atoms. The lowest BCUT2D eigenvalue weighted by Gasteiger charge is -2.17. The van der Waals surface area contributed by atoms with E-state index in [2.05, 4.69) is 21.3 Å². The van der Waals surface area contributed by atoms with Gasteiger partial charge in [-0.05, 0) is 48.6 Å². The van der Waals surface area contributed by atoms with Crippen LogP contribution in [-0.2, 0) is 0 Å². The number of aromatic nitrogens is 1. The summed E-state index contributed by atoms with van der Waals surface area (Å²) in [6.07, 6.45) is 4.70. The first-order valence-electron chi connectivity index (χ1n) is 7.98.